The maximum absolute atomic E-state index is 12.4. The van der Waals surface area contributed by atoms with Crippen LogP contribution in [0.15, 0.2) is 48.9 Å². The summed E-state index contributed by atoms with van der Waals surface area (Å²) in [6.45, 7) is 4.09. The third-order valence-corrected chi connectivity index (χ3v) is 3.51. The summed E-state index contributed by atoms with van der Waals surface area (Å²) in [5.74, 6) is 0.764. The summed E-state index contributed by atoms with van der Waals surface area (Å²) in [4.78, 5) is 16.3. The van der Waals surface area contributed by atoms with E-state index >= 15 is 0 Å². The quantitative estimate of drug-likeness (QED) is 0.801. The van der Waals surface area contributed by atoms with Crippen molar-refractivity contribution in [1.82, 2.24) is 24.9 Å². The van der Waals surface area contributed by atoms with Crippen molar-refractivity contribution in [3.8, 4) is 0 Å². The molecule has 0 aromatic carbocycles. The molecule has 22 heavy (non-hydrogen) atoms. The van der Waals surface area contributed by atoms with Gasteiger partial charge in [0, 0.05) is 24.2 Å². The molecule has 0 aliphatic carbocycles. The number of carbonyl (C=O) groups is 1. The minimum absolute atomic E-state index is 0.145. The van der Waals surface area contributed by atoms with Crippen LogP contribution < -0.4 is 5.32 Å². The molecule has 0 fully saturated rings. The highest BCUT2D eigenvalue weighted by Crippen LogP contribution is 2.21. The maximum atomic E-state index is 12.4. The van der Waals surface area contributed by atoms with E-state index in [1.165, 1.54) is 0 Å². The van der Waals surface area contributed by atoms with E-state index in [4.69, 9.17) is 0 Å². The van der Waals surface area contributed by atoms with E-state index in [0.29, 0.717) is 5.56 Å². The summed E-state index contributed by atoms with van der Waals surface area (Å²) in [6, 6.07) is 8.87. The number of hydrogen-bond donors (Lipinski definition) is 1. The molecule has 3 aromatic rings. The first kappa shape index (κ1) is 14.2. The van der Waals surface area contributed by atoms with Crippen LogP contribution in [-0.2, 0) is 0 Å². The van der Waals surface area contributed by atoms with Crippen LogP contribution in [0.25, 0.3) is 5.65 Å². The van der Waals surface area contributed by atoms with Gasteiger partial charge in [-0.15, -0.1) is 10.2 Å². The molecule has 6 heteroatoms. The van der Waals surface area contributed by atoms with Crippen LogP contribution in [0.4, 0.5) is 0 Å². The summed E-state index contributed by atoms with van der Waals surface area (Å²) in [6.07, 6.45) is 5.11. The Morgan fingerprint density at radius 2 is 1.91 bits per heavy atom. The van der Waals surface area contributed by atoms with Gasteiger partial charge >= 0.3 is 0 Å². The van der Waals surface area contributed by atoms with E-state index in [2.05, 4.69) is 20.5 Å². The van der Waals surface area contributed by atoms with Gasteiger partial charge < -0.3 is 5.32 Å². The van der Waals surface area contributed by atoms with Crippen LogP contribution in [0.5, 0.6) is 0 Å². The summed E-state index contributed by atoms with van der Waals surface area (Å²) in [5, 5.41) is 11.4. The zero-order valence-corrected chi connectivity index (χ0v) is 12.5. The van der Waals surface area contributed by atoms with Crippen molar-refractivity contribution in [2.24, 2.45) is 5.92 Å². The molecule has 1 atom stereocenters. The van der Waals surface area contributed by atoms with Crippen LogP contribution in [0.3, 0.4) is 0 Å². The smallest absolute Gasteiger partial charge is 0.251 e. The number of aromatic nitrogens is 4. The Kier molecular flexibility index (Phi) is 3.82. The van der Waals surface area contributed by atoms with Crippen molar-refractivity contribution < 1.29 is 4.79 Å². The van der Waals surface area contributed by atoms with E-state index in [-0.39, 0.29) is 17.9 Å². The summed E-state index contributed by atoms with van der Waals surface area (Å²) in [5.41, 5.74) is 1.34. The van der Waals surface area contributed by atoms with Gasteiger partial charge in [-0.1, -0.05) is 19.9 Å². The normalized spacial score (nSPS) is 12.5. The predicted octanol–water partition coefficient (Wildman–Crippen LogP) is 2.25. The number of pyridine rings is 2. The minimum Gasteiger partial charge on any atom is -0.342 e. The molecular formula is C16H17N5O. The van der Waals surface area contributed by atoms with E-state index < -0.39 is 0 Å². The van der Waals surface area contributed by atoms with Crippen LogP contribution in [0.1, 0.15) is 36.1 Å². The molecule has 0 bridgehead atoms. The summed E-state index contributed by atoms with van der Waals surface area (Å²) in [7, 11) is 0. The number of amides is 1. The second-order valence-corrected chi connectivity index (χ2v) is 5.42. The van der Waals surface area contributed by atoms with E-state index in [9.17, 15) is 4.79 Å². The number of nitrogens with one attached hydrogen (secondary N) is 1. The summed E-state index contributed by atoms with van der Waals surface area (Å²) < 4.78 is 1.90. The number of carbonyl (C=O) groups excluding carboxylic acids is 1. The topological polar surface area (TPSA) is 72.2 Å². The zero-order valence-electron chi connectivity index (χ0n) is 12.5. The molecule has 112 valence electrons. The van der Waals surface area contributed by atoms with Gasteiger partial charge in [-0.25, -0.2) is 0 Å². The molecule has 3 rings (SSSR count). The zero-order chi connectivity index (χ0) is 15.5. The first-order valence-electron chi connectivity index (χ1n) is 7.17. The molecule has 1 amide bonds. The van der Waals surface area contributed by atoms with Gasteiger partial charge in [-0.2, -0.15) is 0 Å². The van der Waals surface area contributed by atoms with Crippen LogP contribution in [0, 0.1) is 5.92 Å². The molecule has 0 saturated heterocycles. The SMILES string of the molecule is CC(C)C(NC(=O)c1ccncc1)c1nnc2ccccn12. The fourth-order valence-corrected chi connectivity index (χ4v) is 2.33. The first-order valence-corrected chi connectivity index (χ1v) is 7.17. The first-order chi connectivity index (χ1) is 10.7. The second-order valence-electron chi connectivity index (χ2n) is 5.42. The Morgan fingerprint density at radius 1 is 1.14 bits per heavy atom. The van der Waals surface area contributed by atoms with Gasteiger partial charge in [0.1, 0.15) is 0 Å². The Morgan fingerprint density at radius 3 is 2.64 bits per heavy atom. The highest BCUT2D eigenvalue weighted by atomic mass is 16.1. The van der Waals surface area contributed by atoms with Crippen molar-refractivity contribution in [2.75, 3.05) is 0 Å². The molecule has 1 N–H and O–H groups in total. The Balaban J connectivity index is 1.92. The van der Waals surface area contributed by atoms with Gasteiger partial charge in [-0.3, -0.25) is 14.2 Å². The lowest BCUT2D eigenvalue weighted by Gasteiger charge is -2.20. The average Bonchev–Trinajstić information content (AvgIpc) is 2.96. The van der Waals surface area contributed by atoms with Crippen molar-refractivity contribution in [2.45, 2.75) is 19.9 Å². The molecule has 3 heterocycles. The average molecular weight is 295 g/mol. The maximum Gasteiger partial charge on any atom is 0.251 e. The monoisotopic (exact) mass is 295 g/mol. The fraction of sp³-hybridized carbons (Fsp3) is 0.250. The van der Waals surface area contributed by atoms with Crippen molar-refractivity contribution in [3.05, 3.63) is 60.3 Å². The second kappa shape index (κ2) is 5.93. The number of rotatable bonds is 4. The van der Waals surface area contributed by atoms with Gasteiger partial charge in [0.15, 0.2) is 11.5 Å². The largest absolute Gasteiger partial charge is 0.342 e. The van der Waals surface area contributed by atoms with Crippen LogP contribution >= 0.6 is 0 Å². The predicted molar refractivity (Wildman–Crippen MR) is 82.3 cm³/mol. The molecule has 3 aromatic heterocycles. The molecule has 0 radical (unpaired) electrons. The van der Waals surface area contributed by atoms with Gasteiger partial charge in [-0.05, 0) is 30.2 Å². The molecule has 0 aliphatic heterocycles. The standard InChI is InChI=1S/C16H17N5O/c1-11(2)14(18-16(22)12-6-8-17-9-7-12)15-20-19-13-5-3-4-10-21(13)15/h3-11,14H,1-2H3,(H,18,22). The lowest BCUT2D eigenvalue weighted by Crippen LogP contribution is -2.33. The number of nitrogens with zero attached hydrogens (tertiary/aromatic N) is 4. The highest BCUT2D eigenvalue weighted by molar-refractivity contribution is 5.94. The number of hydrogen-bond acceptors (Lipinski definition) is 4. The van der Waals surface area contributed by atoms with Crippen LogP contribution in [0.2, 0.25) is 0 Å². The van der Waals surface area contributed by atoms with Crippen molar-refractivity contribution in [3.63, 3.8) is 0 Å². The van der Waals surface area contributed by atoms with E-state index in [0.717, 1.165) is 11.5 Å². The minimum atomic E-state index is -0.224. The molecule has 6 nitrogen and oxygen atoms in total. The molecular weight excluding hydrogens is 278 g/mol. The summed E-state index contributed by atoms with van der Waals surface area (Å²) >= 11 is 0. The van der Waals surface area contributed by atoms with Gasteiger partial charge in [0.05, 0.1) is 6.04 Å². The van der Waals surface area contributed by atoms with Gasteiger partial charge in [0.2, 0.25) is 0 Å². The third kappa shape index (κ3) is 2.67. The Hall–Kier alpha value is -2.76. The lowest BCUT2D eigenvalue weighted by atomic mass is 10.0. The van der Waals surface area contributed by atoms with Gasteiger partial charge in [0.25, 0.3) is 5.91 Å². The fourth-order valence-electron chi connectivity index (χ4n) is 2.33. The molecule has 0 saturated carbocycles. The molecule has 0 aliphatic rings. The number of fused-ring (bicyclic) bond motifs is 1. The lowest BCUT2D eigenvalue weighted by molar-refractivity contribution is 0.0922. The van der Waals surface area contributed by atoms with Crippen molar-refractivity contribution in [1.29, 1.82) is 0 Å². The Labute approximate surface area is 128 Å². The van der Waals surface area contributed by atoms with Crippen LogP contribution in [-0.4, -0.2) is 25.5 Å². The van der Waals surface area contributed by atoms with E-state index in [1.807, 2.05) is 42.6 Å². The van der Waals surface area contributed by atoms with Crippen molar-refractivity contribution >= 4 is 11.6 Å². The molecule has 0 spiro atoms. The molecule has 1 unspecified atom stereocenters. The highest BCUT2D eigenvalue weighted by Gasteiger charge is 2.23. The van der Waals surface area contributed by atoms with E-state index in [1.54, 1.807) is 24.5 Å². The third-order valence-electron chi connectivity index (χ3n) is 3.51. The Bertz CT molecular complexity index is 781.